The second kappa shape index (κ2) is 12.6. The Morgan fingerprint density at radius 2 is 1.45 bits per heavy atom. The molecule has 2 fully saturated rings. The average Bonchev–Trinajstić information content (AvgIpc) is 2.89. The van der Waals surface area contributed by atoms with Gasteiger partial charge in [-0.25, -0.2) is 4.98 Å². The third-order valence-corrected chi connectivity index (χ3v) is 5.76. The molecule has 0 radical (unpaired) electrons. The second-order valence-corrected chi connectivity index (χ2v) is 8.00. The SMILES string of the molecule is CC(=O)O.CC(=O)O.Cc1nc(CN2CCC(C3CCNCC3)CC2)n(C)c1C. The predicted octanol–water partition coefficient (Wildman–Crippen LogP) is 2.43. The van der Waals surface area contributed by atoms with Gasteiger partial charge in [-0.1, -0.05) is 0 Å². The van der Waals surface area contributed by atoms with Crippen LogP contribution in [0.3, 0.4) is 0 Å². The highest BCUT2D eigenvalue weighted by Crippen LogP contribution is 2.31. The first-order chi connectivity index (χ1) is 13.6. The monoisotopic (exact) mass is 410 g/mol. The van der Waals surface area contributed by atoms with Crippen molar-refractivity contribution in [1.29, 1.82) is 0 Å². The molecule has 1 aromatic heterocycles. The number of nitrogens with one attached hydrogen (secondary N) is 1. The molecule has 0 bridgehead atoms. The van der Waals surface area contributed by atoms with Crippen LogP contribution in [0, 0.1) is 25.7 Å². The molecule has 0 amide bonds. The molecule has 0 aliphatic carbocycles. The van der Waals surface area contributed by atoms with Gasteiger partial charge < -0.3 is 20.1 Å². The Kier molecular flexibility index (Phi) is 10.9. The van der Waals surface area contributed by atoms with Gasteiger partial charge in [-0.3, -0.25) is 14.5 Å². The van der Waals surface area contributed by atoms with Crippen molar-refractivity contribution in [1.82, 2.24) is 19.8 Å². The number of hydrogen-bond acceptors (Lipinski definition) is 5. The van der Waals surface area contributed by atoms with Gasteiger partial charge in [0.25, 0.3) is 11.9 Å². The number of imidazole rings is 1. The Labute approximate surface area is 174 Å². The second-order valence-electron chi connectivity index (χ2n) is 8.00. The molecule has 2 aliphatic heterocycles. The van der Waals surface area contributed by atoms with E-state index in [0.717, 1.165) is 32.2 Å². The Morgan fingerprint density at radius 3 is 1.86 bits per heavy atom. The fraction of sp³-hybridized carbons (Fsp3) is 0.762. The molecule has 8 heteroatoms. The largest absolute Gasteiger partial charge is 0.481 e. The zero-order valence-corrected chi connectivity index (χ0v) is 18.6. The maximum atomic E-state index is 9.00. The summed E-state index contributed by atoms with van der Waals surface area (Å²) in [6, 6.07) is 0. The van der Waals surface area contributed by atoms with Crippen LogP contribution in [0.2, 0.25) is 0 Å². The lowest BCUT2D eigenvalue weighted by Gasteiger charge is -2.37. The molecule has 29 heavy (non-hydrogen) atoms. The zero-order chi connectivity index (χ0) is 22.0. The van der Waals surface area contributed by atoms with Crippen molar-refractivity contribution >= 4 is 11.9 Å². The van der Waals surface area contributed by atoms with Gasteiger partial charge >= 0.3 is 0 Å². The maximum absolute atomic E-state index is 9.00. The van der Waals surface area contributed by atoms with Gasteiger partial charge in [0.15, 0.2) is 0 Å². The lowest BCUT2D eigenvalue weighted by atomic mass is 9.79. The van der Waals surface area contributed by atoms with E-state index in [4.69, 9.17) is 24.8 Å². The summed E-state index contributed by atoms with van der Waals surface area (Å²) < 4.78 is 2.26. The van der Waals surface area contributed by atoms with Crippen molar-refractivity contribution < 1.29 is 19.8 Å². The summed E-state index contributed by atoms with van der Waals surface area (Å²) in [4.78, 5) is 25.3. The van der Waals surface area contributed by atoms with Crippen molar-refractivity contribution in [2.75, 3.05) is 26.2 Å². The fourth-order valence-electron chi connectivity index (χ4n) is 4.03. The van der Waals surface area contributed by atoms with Crippen LogP contribution in [0.15, 0.2) is 0 Å². The number of carboxylic acids is 2. The highest BCUT2D eigenvalue weighted by Gasteiger charge is 2.28. The van der Waals surface area contributed by atoms with Crippen LogP contribution in [-0.4, -0.2) is 62.8 Å². The van der Waals surface area contributed by atoms with Crippen molar-refractivity contribution in [2.24, 2.45) is 18.9 Å². The molecule has 0 spiro atoms. The lowest BCUT2D eigenvalue weighted by molar-refractivity contribution is -0.135. The Balaban J connectivity index is 0.000000452. The van der Waals surface area contributed by atoms with Crippen molar-refractivity contribution in [3.05, 3.63) is 17.2 Å². The average molecular weight is 411 g/mol. The van der Waals surface area contributed by atoms with E-state index >= 15 is 0 Å². The highest BCUT2D eigenvalue weighted by atomic mass is 16.4. The van der Waals surface area contributed by atoms with E-state index in [1.165, 1.54) is 69.1 Å². The topological polar surface area (TPSA) is 108 Å². The van der Waals surface area contributed by atoms with Crippen LogP contribution in [-0.2, 0) is 23.2 Å². The number of aryl methyl sites for hydroxylation is 1. The quantitative estimate of drug-likeness (QED) is 0.702. The summed E-state index contributed by atoms with van der Waals surface area (Å²) in [5.41, 5.74) is 2.48. The van der Waals surface area contributed by atoms with E-state index < -0.39 is 11.9 Å². The number of rotatable bonds is 3. The molecule has 2 saturated heterocycles. The lowest BCUT2D eigenvalue weighted by Crippen LogP contribution is -2.39. The molecule has 0 atom stereocenters. The first-order valence-corrected chi connectivity index (χ1v) is 10.4. The number of hydrogen-bond donors (Lipinski definition) is 3. The zero-order valence-electron chi connectivity index (χ0n) is 18.6. The third kappa shape index (κ3) is 9.41. The number of aliphatic carboxylic acids is 2. The minimum absolute atomic E-state index is 0.833. The van der Waals surface area contributed by atoms with E-state index in [2.05, 4.69) is 35.7 Å². The molecule has 166 valence electrons. The minimum atomic E-state index is -0.833. The van der Waals surface area contributed by atoms with Crippen LogP contribution >= 0.6 is 0 Å². The molecule has 2 aliphatic rings. The van der Waals surface area contributed by atoms with Gasteiger partial charge in [-0.2, -0.15) is 0 Å². The van der Waals surface area contributed by atoms with E-state index in [1.54, 1.807) is 0 Å². The number of aromatic nitrogens is 2. The fourth-order valence-corrected chi connectivity index (χ4v) is 4.03. The highest BCUT2D eigenvalue weighted by molar-refractivity contribution is 5.63. The smallest absolute Gasteiger partial charge is 0.300 e. The van der Waals surface area contributed by atoms with Crippen molar-refractivity contribution in [2.45, 2.75) is 59.9 Å². The Hall–Kier alpha value is -1.93. The maximum Gasteiger partial charge on any atom is 0.300 e. The van der Waals surface area contributed by atoms with Gasteiger partial charge in [-0.15, -0.1) is 0 Å². The van der Waals surface area contributed by atoms with Crippen LogP contribution < -0.4 is 5.32 Å². The first kappa shape index (κ1) is 25.1. The van der Waals surface area contributed by atoms with Gasteiger partial charge in [0.2, 0.25) is 0 Å². The molecule has 3 heterocycles. The molecule has 3 rings (SSSR count). The summed E-state index contributed by atoms with van der Waals surface area (Å²) in [6.45, 7) is 12.4. The van der Waals surface area contributed by atoms with Crippen LogP contribution in [0.5, 0.6) is 0 Å². The summed E-state index contributed by atoms with van der Waals surface area (Å²) in [5, 5.41) is 18.3. The molecule has 0 aromatic carbocycles. The van der Waals surface area contributed by atoms with E-state index in [0.29, 0.717) is 0 Å². The summed E-state index contributed by atoms with van der Waals surface area (Å²) in [5.74, 6) is 1.50. The molecule has 8 nitrogen and oxygen atoms in total. The molecular weight excluding hydrogens is 372 g/mol. The van der Waals surface area contributed by atoms with E-state index in [-0.39, 0.29) is 0 Å². The standard InChI is InChI=1S/C17H30N4.2C2H4O2/c1-13-14(2)20(3)17(19-13)12-21-10-6-16(7-11-21)15-4-8-18-9-5-15;2*1-2(3)4/h15-16,18H,4-12H2,1-3H3;2*1H3,(H,3,4). The summed E-state index contributed by atoms with van der Waals surface area (Å²) in [7, 11) is 2.15. The minimum Gasteiger partial charge on any atom is -0.481 e. The number of carbonyl (C=O) groups is 2. The number of piperidine rings is 2. The number of likely N-dealkylation sites (tertiary alicyclic amines) is 1. The van der Waals surface area contributed by atoms with Crippen molar-refractivity contribution in [3.8, 4) is 0 Å². The molecule has 0 unspecified atom stereocenters. The summed E-state index contributed by atoms with van der Waals surface area (Å²) in [6.07, 6.45) is 5.55. The van der Waals surface area contributed by atoms with Crippen LogP contribution in [0.25, 0.3) is 0 Å². The molecular formula is C21H38N4O4. The van der Waals surface area contributed by atoms with E-state index in [1.807, 2.05) is 0 Å². The van der Waals surface area contributed by atoms with Gasteiger partial charge in [-0.05, 0) is 77.5 Å². The van der Waals surface area contributed by atoms with Gasteiger partial charge in [0.05, 0.1) is 12.2 Å². The molecule has 0 saturated carbocycles. The first-order valence-electron chi connectivity index (χ1n) is 10.4. The van der Waals surface area contributed by atoms with Gasteiger partial charge in [0.1, 0.15) is 5.82 Å². The molecule has 1 aromatic rings. The number of carboxylic acid groups (broad SMARTS) is 2. The number of nitrogens with zero attached hydrogens (tertiary/aromatic N) is 3. The van der Waals surface area contributed by atoms with Crippen LogP contribution in [0.4, 0.5) is 0 Å². The van der Waals surface area contributed by atoms with Crippen LogP contribution in [0.1, 0.15) is 56.7 Å². The predicted molar refractivity (Wildman–Crippen MR) is 113 cm³/mol. The third-order valence-electron chi connectivity index (χ3n) is 5.76. The summed E-state index contributed by atoms with van der Waals surface area (Å²) >= 11 is 0. The molecule has 3 N–H and O–H groups in total. The Bertz CT molecular complexity index is 625. The Morgan fingerprint density at radius 1 is 1.00 bits per heavy atom. The van der Waals surface area contributed by atoms with Gasteiger partial charge in [0, 0.05) is 26.6 Å². The van der Waals surface area contributed by atoms with Crippen molar-refractivity contribution in [3.63, 3.8) is 0 Å². The van der Waals surface area contributed by atoms with E-state index in [9.17, 15) is 0 Å². The normalized spacial score (nSPS) is 18.2.